The number of rotatable bonds is 2. The molecule has 0 aliphatic rings. The van der Waals surface area contributed by atoms with Crippen molar-refractivity contribution in [3.05, 3.63) is 34.9 Å². The molecular weight excluding hydrogens is 190 g/mol. The molecule has 0 spiro atoms. The second-order valence-electron chi connectivity index (χ2n) is 2.45. The standard InChI is InChI=1S/C9H8ClNO2/c10-8-5-7(11)3-1-6(8)2-4-9(12)13/h1-5H,11H2,(H,12,13). The molecular formula is C9H8ClNO2. The zero-order chi connectivity index (χ0) is 9.84. The average molecular weight is 198 g/mol. The molecule has 0 aliphatic heterocycles. The van der Waals surface area contributed by atoms with Crippen LogP contribution in [0.5, 0.6) is 0 Å². The van der Waals surface area contributed by atoms with E-state index >= 15 is 0 Å². The number of nitrogen functional groups attached to an aromatic ring is 1. The van der Waals surface area contributed by atoms with E-state index in [2.05, 4.69) is 0 Å². The minimum atomic E-state index is -1.01. The topological polar surface area (TPSA) is 63.3 Å². The van der Waals surface area contributed by atoms with E-state index in [9.17, 15) is 4.79 Å². The molecule has 1 rings (SSSR count). The Bertz CT molecular complexity index is 361. The fourth-order valence-electron chi connectivity index (χ4n) is 0.840. The second-order valence-corrected chi connectivity index (χ2v) is 2.86. The number of carbonyl (C=O) groups is 1. The van der Waals surface area contributed by atoms with E-state index in [-0.39, 0.29) is 0 Å². The number of halogens is 1. The molecule has 0 aromatic heterocycles. The lowest BCUT2D eigenvalue weighted by Gasteiger charge is -1.98. The Balaban J connectivity index is 2.96. The molecule has 0 aliphatic carbocycles. The third-order valence-electron chi connectivity index (χ3n) is 1.43. The van der Waals surface area contributed by atoms with E-state index < -0.39 is 5.97 Å². The molecule has 1 aromatic carbocycles. The highest BCUT2D eigenvalue weighted by atomic mass is 35.5. The second kappa shape index (κ2) is 3.96. The van der Waals surface area contributed by atoms with Gasteiger partial charge >= 0.3 is 5.97 Å². The van der Waals surface area contributed by atoms with Crippen LogP contribution in [-0.4, -0.2) is 11.1 Å². The van der Waals surface area contributed by atoms with E-state index in [1.54, 1.807) is 18.2 Å². The Morgan fingerprint density at radius 1 is 1.54 bits per heavy atom. The lowest BCUT2D eigenvalue weighted by atomic mass is 10.2. The smallest absolute Gasteiger partial charge is 0.328 e. The van der Waals surface area contributed by atoms with Crippen LogP contribution < -0.4 is 5.73 Å². The van der Waals surface area contributed by atoms with Crippen molar-refractivity contribution in [2.24, 2.45) is 0 Å². The molecule has 0 saturated heterocycles. The van der Waals surface area contributed by atoms with E-state index in [1.165, 1.54) is 6.08 Å². The summed E-state index contributed by atoms with van der Waals surface area (Å²) in [4.78, 5) is 10.2. The van der Waals surface area contributed by atoms with E-state index in [0.29, 0.717) is 16.3 Å². The normalized spacial score (nSPS) is 10.5. The van der Waals surface area contributed by atoms with Gasteiger partial charge in [-0.15, -0.1) is 0 Å². The fraction of sp³-hybridized carbons (Fsp3) is 0. The van der Waals surface area contributed by atoms with Crippen LogP contribution in [0.15, 0.2) is 24.3 Å². The van der Waals surface area contributed by atoms with Gasteiger partial charge in [0.15, 0.2) is 0 Å². The quantitative estimate of drug-likeness (QED) is 0.563. The Hall–Kier alpha value is -1.48. The minimum Gasteiger partial charge on any atom is -0.478 e. The van der Waals surface area contributed by atoms with Crippen LogP contribution in [0, 0.1) is 0 Å². The molecule has 0 fully saturated rings. The summed E-state index contributed by atoms with van der Waals surface area (Å²) in [5, 5.41) is 8.81. The third-order valence-corrected chi connectivity index (χ3v) is 1.76. The Labute approximate surface area is 80.4 Å². The van der Waals surface area contributed by atoms with Crippen LogP contribution in [0.25, 0.3) is 6.08 Å². The molecule has 0 heterocycles. The minimum absolute atomic E-state index is 0.442. The molecule has 0 bridgehead atoms. The van der Waals surface area contributed by atoms with Crippen molar-refractivity contribution in [2.75, 3.05) is 5.73 Å². The van der Waals surface area contributed by atoms with Gasteiger partial charge in [0, 0.05) is 16.8 Å². The number of hydrogen-bond acceptors (Lipinski definition) is 2. The number of nitrogens with two attached hydrogens (primary N) is 1. The number of aliphatic carboxylic acids is 1. The van der Waals surface area contributed by atoms with Gasteiger partial charge in [-0.1, -0.05) is 17.7 Å². The van der Waals surface area contributed by atoms with Crippen molar-refractivity contribution in [1.29, 1.82) is 0 Å². The lowest BCUT2D eigenvalue weighted by molar-refractivity contribution is -0.131. The maximum Gasteiger partial charge on any atom is 0.328 e. The van der Waals surface area contributed by atoms with Crippen molar-refractivity contribution < 1.29 is 9.90 Å². The number of carboxylic acid groups (broad SMARTS) is 1. The molecule has 13 heavy (non-hydrogen) atoms. The molecule has 0 radical (unpaired) electrons. The number of hydrogen-bond donors (Lipinski definition) is 2. The SMILES string of the molecule is Nc1ccc(C=CC(=O)O)c(Cl)c1. The predicted octanol–water partition coefficient (Wildman–Crippen LogP) is 2.02. The van der Waals surface area contributed by atoms with E-state index in [0.717, 1.165) is 6.08 Å². The first kappa shape index (κ1) is 9.61. The molecule has 4 heteroatoms. The molecule has 3 N–H and O–H groups in total. The van der Waals surface area contributed by atoms with Gasteiger partial charge < -0.3 is 10.8 Å². The maximum atomic E-state index is 10.2. The van der Waals surface area contributed by atoms with Crippen LogP contribution in [0.2, 0.25) is 5.02 Å². The molecule has 0 amide bonds. The van der Waals surface area contributed by atoms with Crippen LogP contribution in [0.3, 0.4) is 0 Å². The summed E-state index contributed by atoms with van der Waals surface area (Å²) >= 11 is 5.79. The molecule has 0 saturated carbocycles. The van der Waals surface area contributed by atoms with Crippen molar-refractivity contribution in [2.45, 2.75) is 0 Å². The zero-order valence-corrected chi connectivity index (χ0v) is 7.45. The van der Waals surface area contributed by atoms with Gasteiger partial charge in [-0.2, -0.15) is 0 Å². The zero-order valence-electron chi connectivity index (χ0n) is 6.70. The number of benzene rings is 1. The number of anilines is 1. The third kappa shape index (κ3) is 2.80. The predicted molar refractivity (Wildman–Crippen MR) is 52.5 cm³/mol. The first-order valence-electron chi connectivity index (χ1n) is 3.55. The maximum absolute atomic E-state index is 10.2. The first-order chi connectivity index (χ1) is 6.09. The largest absolute Gasteiger partial charge is 0.478 e. The van der Waals surface area contributed by atoms with E-state index in [1.807, 2.05) is 0 Å². The van der Waals surface area contributed by atoms with Crippen molar-refractivity contribution in [1.82, 2.24) is 0 Å². The highest BCUT2D eigenvalue weighted by molar-refractivity contribution is 6.32. The average Bonchev–Trinajstić information content (AvgIpc) is 2.02. The summed E-state index contributed by atoms with van der Waals surface area (Å²) in [6.45, 7) is 0. The summed E-state index contributed by atoms with van der Waals surface area (Å²) in [5.74, 6) is -1.01. The Morgan fingerprint density at radius 2 is 2.23 bits per heavy atom. The Morgan fingerprint density at radius 3 is 2.77 bits per heavy atom. The fourth-order valence-corrected chi connectivity index (χ4v) is 1.09. The monoisotopic (exact) mass is 197 g/mol. The van der Waals surface area contributed by atoms with Gasteiger partial charge in [0.1, 0.15) is 0 Å². The van der Waals surface area contributed by atoms with Gasteiger partial charge in [0.25, 0.3) is 0 Å². The van der Waals surface area contributed by atoms with Crippen LogP contribution in [0.4, 0.5) is 5.69 Å². The summed E-state index contributed by atoms with van der Waals surface area (Å²) in [7, 11) is 0. The van der Waals surface area contributed by atoms with Gasteiger partial charge in [-0.05, 0) is 23.8 Å². The molecule has 1 aromatic rings. The molecule has 68 valence electrons. The summed E-state index contributed by atoms with van der Waals surface area (Å²) in [5.41, 5.74) is 6.65. The van der Waals surface area contributed by atoms with Crippen molar-refractivity contribution in [3.63, 3.8) is 0 Å². The van der Waals surface area contributed by atoms with E-state index in [4.69, 9.17) is 22.4 Å². The molecule has 0 unspecified atom stereocenters. The van der Waals surface area contributed by atoms with Gasteiger partial charge in [-0.3, -0.25) is 0 Å². The molecule has 3 nitrogen and oxygen atoms in total. The highest BCUT2D eigenvalue weighted by Crippen LogP contribution is 2.20. The van der Waals surface area contributed by atoms with Gasteiger partial charge in [-0.25, -0.2) is 4.79 Å². The first-order valence-corrected chi connectivity index (χ1v) is 3.93. The van der Waals surface area contributed by atoms with Gasteiger partial charge in [0.05, 0.1) is 0 Å². The summed E-state index contributed by atoms with van der Waals surface area (Å²) in [6, 6.07) is 4.90. The van der Waals surface area contributed by atoms with Crippen LogP contribution in [-0.2, 0) is 4.79 Å². The van der Waals surface area contributed by atoms with Crippen LogP contribution >= 0.6 is 11.6 Å². The summed E-state index contributed by atoms with van der Waals surface area (Å²) in [6.07, 6.45) is 2.45. The highest BCUT2D eigenvalue weighted by Gasteiger charge is 1.97. The van der Waals surface area contributed by atoms with Crippen LogP contribution in [0.1, 0.15) is 5.56 Å². The number of carboxylic acids is 1. The lowest BCUT2D eigenvalue weighted by Crippen LogP contribution is -1.87. The van der Waals surface area contributed by atoms with Gasteiger partial charge in [0.2, 0.25) is 0 Å². The Kier molecular flexibility index (Phi) is 2.93. The van der Waals surface area contributed by atoms with Crippen molar-refractivity contribution in [3.8, 4) is 0 Å². The summed E-state index contributed by atoms with van der Waals surface area (Å²) < 4.78 is 0. The van der Waals surface area contributed by atoms with Crippen molar-refractivity contribution >= 4 is 29.3 Å². The molecule has 0 atom stereocenters.